The van der Waals surface area contributed by atoms with E-state index in [0.29, 0.717) is 11.8 Å². The molecule has 0 unspecified atom stereocenters. The second-order valence-corrected chi connectivity index (χ2v) is 3.69. The summed E-state index contributed by atoms with van der Waals surface area (Å²) >= 11 is 0. The first-order valence-corrected chi connectivity index (χ1v) is 4.44. The van der Waals surface area contributed by atoms with Gasteiger partial charge < -0.3 is 0 Å². The average molecular weight is 180 g/mol. The minimum absolute atomic E-state index is 0. The summed E-state index contributed by atoms with van der Waals surface area (Å²) in [5.41, 5.74) is 2.14. The van der Waals surface area contributed by atoms with Gasteiger partial charge in [0.2, 0.25) is 0 Å². The second-order valence-electron chi connectivity index (χ2n) is 3.69. The summed E-state index contributed by atoms with van der Waals surface area (Å²) in [6, 6.07) is 4.12. The van der Waals surface area contributed by atoms with Gasteiger partial charge in [0.25, 0.3) is 0 Å². The molecule has 0 amide bonds. The summed E-state index contributed by atoms with van der Waals surface area (Å²) in [6.45, 7) is 8.50. The zero-order valence-electron chi connectivity index (χ0n) is 8.20. The molecule has 0 aliphatic heterocycles. The van der Waals surface area contributed by atoms with Crippen LogP contribution in [0.5, 0.6) is 0 Å². The van der Waals surface area contributed by atoms with Gasteiger partial charge in [0.05, 0.1) is 11.4 Å². The monoisotopic (exact) mass is 180 g/mol. The van der Waals surface area contributed by atoms with Crippen LogP contribution < -0.4 is 0 Å². The molecule has 1 aromatic rings. The summed E-state index contributed by atoms with van der Waals surface area (Å²) in [5.74, 6) is 0.942. The fourth-order valence-corrected chi connectivity index (χ4v) is 0.969. The van der Waals surface area contributed by atoms with Crippen LogP contribution in [0.25, 0.3) is 0 Å². The van der Waals surface area contributed by atoms with Crippen LogP contribution in [0.1, 0.15) is 58.3 Å². The molecular weight excluding hydrogens is 160 g/mol. The Balaban J connectivity index is 0.00000144. The molecule has 0 aliphatic carbocycles. The van der Waals surface area contributed by atoms with Gasteiger partial charge in [-0.15, -0.1) is 0 Å². The van der Waals surface area contributed by atoms with E-state index in [9.17, 15) is 0 Å². The van der Waals surface area contributed by atoms with E-state index in [1.165, 1.54) is 0 Å². The first-order chi connectivity index (χ1) is 5.61. The van der Waals surface area contributed by atoms with Gasteiger partial charge >= 0.3 is 0 Å². The summed E-state index contributed by atoms with van der Waals surface area (Å²) in [5, 5.41) is 8.30. The maximum absolute atomic E-state index is 4.15. The van der Waals surface area contributed by atoms with Crippen molar-refractivity contribution >= 4 is 0 Å². The van der Waals surface area contributed by atoms with Crippen LogP contribution in [0.3, 0.4) is 0 Å². The number of nitrogens with zero attached hydrogens (tertiary/aromatic N) is 2. The fraction of sp³-hybridized carbons (Fsp3) is 0.636. The second kappa shape index (κ2) is 4.95. The normalized spacial score (nSPS) is 10.3. The molecule has 0 aromatic carbocycles. The molecule has 1 aromatic heterocycles. The van der Waals surface area contributed by atoms with Crippen LogP contribution in [0.2, 0.25) is 0 Å². The Kier molecular flexibility index (Phi) is 4.60. The maximum Gasteiger partial charge on any atom is 0.0656 e. The molecule has 0 bridgehead atoms. The van der Waals surface area contributed by atoms with Crippen molar-refractivity contribution in [3.63, 3.8) is 0 Å². The number of hydrogen-bond donors (Lipinski definition) is 0. The molecule has 74 valence electrons. The van der Waals surface area contributed by atoms with Crippen LogP contribution in [0, 0.1) is 0 Å². The lowest BCUT2D eigenvalue weighted by molar-refractivity contribution is 0.733. The predicted octanol–water partition coefficient (Wildman–Crippen LogP) is 3.36. The van der Waals surface area contributed by atoms with Gasteiger partial charge in [-0.3, -0.25) is 0 Å². The lowest BCUT2D eigenvalue weighted by Crippen LogP contribution is -1.99. The molecule has 1 rings (SSSR count). The van der Waals surface area contributed by atoms with Gasteiger partial charge in [-0.05, 0) is 24.0 Å². The van der Waals surface area contributed by atoms with Gasteiger partial charge in [-0.2, -0.15) is 10.2 Å². The molecule has 0 radical (unpaired) electrons. The van der Waals surface area contributed by atoms with Crippen LogP contribution in [0.15, 0.2) is 12.1 Å². The zero-order chi connectivity index (χ0) is 9.14. The quantitative estimate of drug-likeness (QED) is 0.697. The highest BCUT2D eigenvalue weighted by molar-refractivity contribution is 5.11. The Morgan fingerprint density at radius 1 is 0.846 bits per heavy atom. The van der Waals surface area contributed by atoms with E-state index in [4.69, 9.17) is 0 Å². The lowest BCUT2D eigenvalue weighted by atomic mass is 10.1. The van der Waals surface area contributed by atoms with E-state index >= 15 is 0 Å². The molecule has 0 saturated carbocycles. The molecule has 0 fully saturated rings. The van der Waals surface area contributed by atoms with Crippen LogP contribution in [-0.4, -0.2) is 10.2 Å². The van der Waals surface area contributed by atoms with Crippen LogP contribution >= 0.6 is 0 Å². The van der Waals surface area contributed by atoms with Crippen molar-refractivity contribution in [1.29, 1.82) is 0 Å². The Morgan fingerprint density at radius 3 is 1.31 bits per heavy atom. The predicted molar refractivity (Wildman–Crippen MR) is 56.9 cm³/mol. The van der Waals surface area contributed by atoms with Crippen LogP contribution in [-0.2, 0) is 0 Å². The summed E-state index contributed by atoms with van der Waals surface area (Å²) in [4.78, 5) is 0. The van der Waals surface area contributed by atoms with Crippen LogP contribution in [0.4, 0.5) is 0 Å². The fourth-order valence-electron chi connectivity index (χ4n) is 0.969. The first-order valence-electron chi connectivity index (χ1n) is 4.44. The maximum atomic E-state index is 4.15. The van der Waals surface area contributed by atoms with E-state index in [1.54, 1.807) is 0 Å². The van der Waals surface area contributed by atoms with E-state index in [-0.39, 0.29) is 7.43 Å². The third kappa shape index (κ3) is 3.13. The van der Waals surface area contributed by atoms with Crippen molar-refractivity contribution in [2.45, 2.75) is 47.0 Å². The molecule has 13 heavy (non-hydrogen) atoms. The molecule has 2 nitrogen and oxygen atoms in total. The molecule has 0 saturated heterocycles. The van der Waals surface area contributed by atoms with E-state index in [0.717, 1.165) is 11.4 Å². The standard InChI is InChI=1S/C10H16N2.CH4/c1-7(2)9-5-6-10(8(3)4)12-11-9;/h5-8H,1-4H3;1H4. The van der Waals surface area contributed by atoms with Crippen molar-refractivity contribution in [3.8, 4) is 0 Å². The molecule has 1 heterocycles. The third-order valence-corrected chi connectivity index (χ3v) is 1.89. The van der Waals surface area contributed by atoms with Gasteiger partial charge in [0.15, 0.2) is 0 Å². The van der Waals surface area contributed by atoms with Crippen molar-refractivity contribution in [3.05, 3.63) is 23.5 Å². The lowest BCUT2D eigenvalue weighted by Gasteiger charge is -2.05. The van der Waals surface area contributed by atoms with Crippen molar-refractivity contribution < 1.29 is 0 Å². The third-order valence-electron chi connectivity index (χ3n) is 1.89. The minimum Gasteiger partial charge on any atom is -0.155 e. The van der Waals surface area contributed by atoms with Crippen molar-refractivity contribution in [2.75, 3.05) is 0 Å². The van der Waals surface area contributed by atoms with Gasteiger partial charge in [-0.25, -0.2) is 0 Å². The molecule has 2 heteroatoms. The minimum atomic E-state index is 0. The summed E-state index contributed by atoms with van der Waals surface area (Å²) in [6.07, 6.45) is 0. The number of aromatic nitrogens is 2. The van der Waals surface area contributed by atoms with Gasteiger partial charge in [0, 0.05) is 0 Å². The Labute approximate surface area is 81.4 Å². The Bertz CT molecular complexity index is 210. The highest BCUT2D eigenvalue weighted by Crippen LogP contribution is 2.13. The van der Waals surface area contributed by atoms with Crippen molar-refractivity contribution in [1.82, 2.24) is 10.2 Å². The molecular formula is C11H20N2. The summed E-state index contributed by atoms with van der Waals surface area (Å²) in [7, 11) is 0. The van der Waals surface area contributed by atoms with E-state index < -0.39 is 0 Å². The smallest absolute Gasteiger partial charge is 0.0656 e. The average Bonchev–Trinajstić information content (AvgIpc) is 2.04. The van der Waals surface area contributed by atoms with Gasteiger partial charge in [-0.1, -0.05) is 35.1 Å². The van der Waals surface area contributed by atoms with Crippen molar-refractivity contribution in [2.24, 2.45) is 0 Å². The Morgan fingerprint density at radius 2 is 1.15 bits per heavy atom. The largest absolute Gasteiger partial charge is 0.155 e. The zero-order valence-corrected chi connectivity index (χ0v) is 8.20. The highest BCUT2D eigenvalue weighted by atomic mass is 15.1. The molecule has 0 N–H and O–H groups in total. The molecule has 0 spiro atoms. The molecule has 0 atom stereocenters. The van der Waals surface area contributed by atoms with E-state index in [2.05, 4.69) is 50.0 Å². The van der Waals surface area contributed by atoms with Gasteiger partial charge in [0.1, 0.15) is 0 Å². The Hall–Kier alpha value is -0.920. The first kappa shape index (κ1) is 12.1. The topological polar surface area (TPSA) is 25.8 Å². The number of hydrogen-bond acceptors (Lipinski definition) is 2. The SMILES string of the molecule is C.CC(C)c1ccc(C(C)C)nn1. The molecule has 0 aliphatic rings. The number of rotatable bonds is 2. The highest BCUT2D eigenvalue weighted by Gasteiger charge is 2.03. The van der Waals surface area contributed by atoms with E-state index in [1.807, 2.05) is 0 Å². The summed E-state index contributed by atoms with van der Waals surface area (Å²) < 4.78 is 0.